The van der Waals surface area contributed by atoms with E-state index in [0.29, 0.717) is 5.69 Å². The van der Waals surface area contributed by atoms with Crippen LogP contribution >= 0.6 is 0 Å². The number of hydrogen-bond acceptors (Lipinski definition) is 6. The second-order valence-electron chi connectivity index (χ2n) is 3.56. The predicted molar refractivity (Wildman–Crippen MR) is 60.8 cm³/mol. The van der Waals surface area contributed by atoms with Crippen molar-refractivity contribution < 1.29 is 13.2 Å². The lowest BCUT2D eigenvalue weighted by Crippen LogP contribution is -2.13. The molecular weight excluding hydrogens is 261 g/mol. The molecule has 0 radical (unpaired) electrons. The van der Waals surface area contributed by atoms with E-state index in [4.69, 9.17) is 5.73 Å². The van der Waals surface area contributed by atoms with E-state index in [1.54, 1.807) is 12.1 Å². The van der Waals surface area contributed by atoms with Crippen molar-refractivity contribution in [2.75, 3.05) is 11.1 Å². The summed E-state index contributed by atoms with van der Waals surface area (Å²) in [5, 5.41) is 10.1. The molecule has 100 valence electrons. The molecule has 0 amide bonds. The molecule has 0 atom stereocenters. The highest BCUT2D eigenvalue weighted by atomic mass is 19.4. The van der Waals surface area contributed by atoms with Gasteiger partial charge in [-0.2, -0.15) is 28.4 Å². The minimum Gasteiger partial charge on any atom is -0.368 e. The first-order valence-electron chi connectivity index (χ1n) is 5.17. The number of aromatic nitrogens is 4. The molecule has 9 heteroatoms. The normalized spacial score (nSPS) is 11.3. The Kier molecular flexibility index (Phi) is 3.45. The highest BCUT2D eigenvalue weighted by Gasteiger charge is 2.33. The molecule has 19 heavy (non-hydrogen) atoms. The van der Waals surface area contributed by atoms with Gasteiger partial charge < -0.3 is 11.1 Å². The quantitative estimate of drug-likeness (QED) is 0.878. The van der Waals surface area contributed by atoms with Crippen LogP contribution in [0.25, 0.3) is 0 Å². The molecule has 3 N–H and O–H groups in total. The van der Waals surface area contributed by atoms with Gasteiger partial charge in [0.25, 0.3) is 0 Å². The number of nitrogens with two attached hydrogens (primary N) is 1. The molecule has 6 nitrogen and oxygen atoms in total. The zero-order valence-corrected chi connectivity index (χ0v) is 9.52. The Labute approximate surface area is 105 Å². The molecule has 0 aliphatic carbocycles. The Morgan fingerprint density at radius 1 is 1.26 bits per heavy atom. The summed E-state index contributed by atoms with van der Waals surface area (Å²) in [5.74, 6) is -0.470. The molecule has 2 aromatic heterocycles. The fourth-order valence-corrected chi connectivity index (χ4v) is 1.31. The minimum absolute atomic E-state index is 0.0227. The summed E-state index contributed by atoms with van der Waals surface area (Å²) in [6.45, 7) is 0.182. The molecular formula is C10H9F3N6. The van der Waals surface area contributed by atoms with Gasteiger partial charge in [0.2, 0.25) is 5.95 Å². The zero-order chi connectivity index (χ0) is 13.9. The zero-order valence-electron chi connectivity index (χ0n) is 9.52. The lowest BCUT2D eigenvalue weighted by Gasteiger charge is -2.09. The first kappa shape index (κ1) is 13.0. The van der Waals surface area contributed by atoms with Crippen molar-refractivity contribution in [2.45, 2.75) is 12.7 Å². The van der Waals surface area contributed by atoms with Gasteiger partial charge >= 0.3 is 6.18 Å². The van der Waals surface area contributed by atoms with E-state index in [-0.39, 0.29) is 12.4 Å². The molecule has 2 rings (SSSR count). The maximum Gasteiger partial charge on any atom is 0.433 e. The van der Waals surface area contributed by atoms with Crippen molar-refractivity contribution in [3.63, 3.8) is 0 Å². The van der Waals surface area contributed by atoms with Gasteiger partial charge in [-0.3, -0.25) is 0 Å². The van der Waals surface area contributed by atoms with Crippen LogP contribution in [0.1, 0.15) is 11.4 Å². The largest absolute Gasteiger partial charge is 0.433 e. The smallest absolute Gasteiger partial charge is 0.368 e. The molecule has 0 saturated carbocycles. The van der Waals surface area contributed by atoms with Crippen molar-refractivity contribution in [1.82, 2.24) is 20.2 Å². The molecule has 2 heterocycles. The first-order chi connectivity index (χ1) is 8.95. The fourth-order valence-electron chi connectivity index (χ4n) is 1.31. The summed E-state index contributed by atoms with van der Waals surface area (Å²) >= 11 is 0. The summed E-state index contributed by atoms with van der Waals surface area (Å²) in [4.78, 5) is 6.80. The second-order valence-corrected chi connectivity index (χ2v) is 3.56. The van der Waals surface area contributed by atoms with Crippen LogP contribution in [0.2, 0.25) is 0 Å². The Balaban J connectivity index is 2.15. The molecule has 0 aromatic carbocycles. The number of anilines is 2. The van der Waals surface area contributed by atoms with Crippen LogP contribution in [0.15, 0.2) is 24.4 Å². The SMILES string of the molecule is Nc1nc(NCc2cccnn2)cc(C(F)(F)F)n1. The number of rotatable bonds is 3. The van der Waals surface area contributed by atoms with E-state index in [2.05, 4.69) is 25.5 Å². The molecule has 0 unspecified atom stereocenters. The summed E-state index contributed by atoms with van der Waals surface area (Å²) in [5.41, 5.74) is 4.70. The molecule has 0 aliphatic rings. The molecule has 0 saturated heterocycles. The van der Waals surface area contributed by atoms with Gasteiger partial charge in [-0.25, -0.2) is 4.98 Å². The summed E-state index contributed by atoms with van der Waals surface area (Å²) < 4.78 is 37.5. The van der Waals surface area contributed by atoms with E-state index in [0.717, 1.165) is 6.07 Å². The first-order valence-corrected chi connectivity index (χ1v) is 5.17. The highest BCUT2D eigenvalue weighted by Crippen LogP contribution is 2.29. The number of halogens is 3. The van der Waals surface area contributed by atoms with E-state index in [1.807, 2.05) is 0 Å². The van der Waals surface area contributed by atoms with Crippen molar-refractivity contribution in [3.05, 3.63) is 35.8 Å². The van der Waals surface area contributed by atoms with E-state index in [1.165, 1.54) is 6.20 Å². The van der Waals surface area contributed by atoms with Crippen LogP contribution in [0.3, 0.4) is 0 Å². The maximum absolute atomic E-state index is 12.5. The van der Waals surface area contributed by atoms with Crippen molar-refractivity contribution >= 4 is 11.8 Å². The van der Waals surface area contributed by atoms with Gasteiger partial charge in [0.15, 0.2) is 5.69 Å². The van der Waals surface area contributed by atoms with Gasteiger partial charge in [0, 0.05) is 12.3 Å². The Morgan fingerprint density at radius 2 is 2.05 bits per heavy atom. The lowest BCUT2D eigenvalue weighted by atomic mass is 10.3. The van der Waals surface area contributed by atoms with Crippen LogP contribution in [0.4, 0.5) is 24.9 Å². The third-order valence-electron chi connectivity index (χ3n) is 2.11. The van der Waals surface area contributed by atoms with E-state index >= 15 is 0 Å². The van der Waals surface area contributed by atoms with E-state index < -0.39 is 17.8 Å². The minimum atomic E-state index is -4.57. The van der Waals surface area contributed by atoms with Crippen molar-refractivity contribution in [1.29, 1.82) is 0 Å². The number of nitrogens with zero attached hydrogens (tertiary/aromatic N) is 4. The molecule has 2 aromatic rings. The number of hydrogen-bond donors (Lipinski definition) is 2. The molecule has 0 fully saturated rings. The average molecular weight is 270 g/mol. The second kappa shape index (κ2) is 5.04. The van der Waals surface area contributed by atoms with Gasteiger partial charge in [-0.15, -0.1) is 0 Å². The van der Waals surface area contributed by atoms with Crippen LogP contribution < -0.4 is 11.1 Å². The third kappa shape index (κ3) is 3.50. The number of nitrogen functional groups attached to an aromatic ring is 1. The van der Waals surface area contributed by atoms with Crippen LogP contribution in [0, 0.1) is 0 Å². The Bertz CT molecular complexity index is 557. The lowest BCUT2D eigenvalue weighted by molar-refractivity contribution is -0.141. The monoisotopic (exact) mass is 270 g/mol. The van der Waals surface area contributed by atoms with Gasteiger partial charge in [-0.1, -0.05) is 0 Å². The summed E-state index contributed by atoms with van der Waals surface area (Å²) in [7, 11) is 0. The van der Waals surface area contributed by atoms with Crippen LogP contribution in [0.5, 0.6) is 0 Å². The van der Waals surface area contributed by atoms with Crippen molar-refractivity contribution in [3.8, 4) is 0 Å². The fraction of sp³-hybridized carbons (Fsp3) is 0.200. The average Bonchev–Trinajstić information content (AvgIpc) is 2.36. The maximum atomic E-state index is 12.5. The summed E-state index contributed by atoms with van der Waals surface area (Å²) in [6.07, 6.45) is -3.08. The standard InChI is InChI=1S/C10H9F3N6/c11-10(12,13)7-4-8(18-9(14)17-7)15-5-6-2-1-3-16-19-6/h1-4H,5H2,(H3,14,15,17,18). The molecule has 0 aliphatic heterocycles. The Hall–Kier alpha value is -2.45. The molecule has 0 bridgehead atoms. The van der Waals surface area contributed by atoms with Crippen molar-refractivity contribution in [2.24, 2.45) is 0 Å². The van der Waals surface area contributed by atoms with Gasteiger partial charge in [-0.05, 0) is 12.1 Å². The summed E-state index contributed by atoms with van der Waals surface area (Å²) in [6, 6.07) is 4.13. The Morgan fingerprint density at radius 3 is 2.68 bits per heavy atom. The third-order valence-corrected chi connectivity index (χ3v) is 2.11. The van der Waals surface area contributed by atoms with Gasteiger partial charge in [0.1, 0.15) is 5.82 Å². The highest BCUT2D eigenvalue weighted by molar-refractivity contribution is 5.41. The topological polar surface area (TPSA) is 89.6 Å². The predicted octanol–water partition coefficient (Wildman–Crippen LogP) is 1.48. The van der Waals surface area contributed by atoms with Crippen LogP contribution in [-0.4, -0.2) is 20.2 Å². The van der Waals surface area contributed by atoms with E-state index in [9.17, 15) is 13.2 Å². The number of alkyl halides is 3. The number of nitrogens with one attached hydrogen (secondary N) is 1. The van der Waals surface area contributed by atoms with Crippen LogP contribution in [-0.2, 0) is 12.7 Å². The molecule has 0 spiro atoms. The van der Waals surface area contributed by atoms with Gasteiger partial charge in [0.05, 0.1) is 12.2 Å².